The Bertz CT molecular complexity index is 875. The van der Waals surface area contributed by atoms with E-state index < -0.39 is 0 Å². The first-order chi connectivity index (χ1) is 28.3. The van der Waals surface area contributed by atoms with E-state index in [1.807, 2.05) is 0 Å². The molecular formula is C54H102S3. The van der Waals surface area contributed by atoms with Gasteiger partial charge in [-0.2, -0.15) is 0 Å². The van der Waals surface area contributed by atoms with Crippen molar-refractivity contribution >= 4 is 35.3 Å². The molecule has 0 fully saturated rings. The first kappa shape index (κ1) is 55.3. The molecule has 1 rings (SSSR count). The molecule has 1 aromatic rings. The second-order valence-corrected chi connectivity index (χ2v) is 21.3. The van der Waals surface area contributed by atoms with E-state index in [-0.39, 0.29) is 0 Å². The standard InChI is InChI=1S/C54H102S3/c1-5-9-12-15-18-21-24-27-30-33-36-39-42-46-55-52-49-51(45-8-4)50-53(56-47-43-40-37-34-31-28-25-22-19-16-13-10-6-2)54(52)57-48-44-41-38-35-32-29-26-23-20-17-14-11-7-3/h49-50H,5-48H2,1-4H3. The maximum absolute atomic E-state index is 2.61. The number of thioether (sulfide) groups is 3. The minimum absolute atomic E-state index is 1.22. The van der Waals surface area contributed by atoms with E-state index in [0.717, 1.165) is 0 Å². The highest BCUT2D eigenvalue weighted by molar-refractivity contribution is 8.03. The molecule has 0 heterocycles. The molecule has 0 bridgehead atoms. The molecule has 0 radical (unpaired) electrons. The fraction of sp³-hybridized carbons (Fsp3) is 0.889. The lowest BCUT2D eigenvalue weighted by atomic mass is 10.1. The van der Waals surface area contributed by atoms with Crippen molar-refractivity contribution in [3.05, 3.63) is 17.7 Å². The molecule has 0 saturated carbocycles. The van der Waals surface area contributed by atoms with Crippen LogP contribution in [-0.4, -0.2) is 17.3 Å². The number of aryl methyl sites for hydroxylation is 1. The Balaban J connectivity index is 2.51. The lowest BCUT2D eigenvalue weighted by molar-refractivity contribution is 0.543. The van der Waals surface area contributed by atoms with E-state index in [9.17, 15) is 0 Å². The van der Waals surface area contributed by atoms with Gasteiger partial charge in [-0.25, -0.2) is 0 Å². The van der Waals surface area contributed by atoms with Crippen molar-refractivity contribution in [2.45, 2.75) is 306 Å². The van der Waals surface area contributed by atoms with E-state index in [1.165, 1.54) is 281 Å². The minimum atomic E-state index is 1.22. The van der Waals surface area contributed by atoms with Gasteiger partial charge in [0.05, 0.1) is 0 Å². The van der Waals surface area contributed by atoms with Crippen molar-refractivity contribution in [2.24, 2.45) is 0 Å². The number of hydrogen-bond acceptors (Lipinski definition) is 3. The smallest absolute Gasteiger partial charge is 0.0344 e. The Labute approximate surface area is 373 Å². The van der Waals surface area contributed by atoms with Crippen LogP contribution in [0, 0.1) is 0 Å². The van der Waals surface area contributed by atoms with Crippen LogP contribution in [-0.2, 0) is 6.42 Å². The highest BCUT2D eigenvalue weighted by Gasteiger charge is 2.14. The summed E-state index contributed by atoms with van der Waals surface area (Å²) in [5, 5.41) is 0. The van der Waals surface area contributed by atoms with Crippen molar-refractivity contribution in [2.75, 3.05) is 17.3 Å². The van der Waals surface area contributed by atoms with Crippen LogP contribution < -0.4 is 0 Å². The molecule has 0 amide bonds. The van der Waals surface area contributed by atoms with Gasteiger partial charge in [0, 0.05) is 14.7 Å². The summed E-state index contributed by atoms with van der Waals surface area (Å²) < 4.78 is 0. The van der Waals surface area contributed by atoms with Crippen molar-refractivity contribution in [1.82, 2.24) is 0 Å². The van der Waals surface area contributed by atoms with Gasteiger partial charge in [-0.15, -0.1) is 35.3 Å². The summed E-state index contributed by atoms with van der Waals surface area (Å²) in [5.74, 6) is 3.88. The first-order valence-corrected chi connectivity index (χ1v) is 29.3. The Morgan fingerprint density at radius 3 is 0.737 bits per heavy atom. The molecule has 0 nitrogen and oxygen atoms in total. The number of benzene rings is 1. The minimum Gasteiger partial charge on any atom is -0.125 e. The van der Waals surface area contributed by atoms with Crippen molar-refractivity contribution in [3.63, 3.8) is 0 Å². The predicted octanol–water partition coefficient (Wildman–Crippen LogP) is 21.2. The molecule has 3 heteroatoms. The van der Waals surface area contributed by atoms with Gasteiger partial charge >= 0.3 is 0 Å². The molecular weight excluding hydrogens is 745 g/mol. The molecule has 0 spiro atoms. The van der Waals surface area contributed by atoms with Crippen LogP contribution in [0.15, 0.2) is 26.8 Å². The average Bonchev–Trinajstić information content (AvgIpc) is 3.22. The highest BCUT2D eigenvalue weighted by Crippen LogP contribution is 2.41. The predicted molar refractivity (Wildman–Crippen MR) is 270 cm³/mol. The third-order valence-corrected chi connectivity index (χ3v) is 15.9. The van der Waals surface area contributed by atoms with Crippen LogP contribution >= 0.6 is 35.3 Å². The second kappa shape index (κ2) is 45.8. The molecule has 0 aliphatic carbocycles. The van der Waals surface area contributed by atoms with Crippen molar-refractivity contribution in [3.8, 4) is 0 Å². The summed E-state index contributed by atoms with van der Waals surface area (Å²) in [5.41, 5.74) is 1.59. The van der Waals surface area contributed by atoms with E-state index in [0.29, 0.717) is 0 Å². The molecule has 57 heavy (non-hydrogen) atoms. The van der Waals surface area contributed by atoms with Crippen LogP contribution in [0.3, 0.4) is 0 Å². The fourth-order valence-electron chi connectivity index (χ4n) is 8.32. The molecule has 0 aliphatic heterocycles. The van der Waals surface area contributed by atoms with Gasteiger partial charge in [-0.3, -0.25) is 0 Å². The van der Waals surface area contributed by atoms with Crippen LogP contribution in [0.4, 0.5) is 0 Å². The molecule has 0 unspecified atom stereocenters. The van der Waals surface area contributed by atoms with Crippen LogP contribution in [0.1, 0.15) is 290 Å². The SMILES string of the molecule is CCCCCCCCCCCCCCCSc1cc(CCC)cc(SCCCCCCCCCCCCCCC)c1SCCCCCCCCCCCCCCC. The van der Waals surface area contributed by atoms with Crippen molar-refractivity contribution in [1.29, 1.82) is 0 Å². The molecule has 336 valence electrons. The molecule has 0 aliphatic rings. The quantitative estimate of drug-likeness (QED) is 0.0474. The summed E-state index contributed by atoms with van der Waals surface area (Å²) in [7, 11) is 0. The van der Waals surface area contributed by atoms with Crippen LogP contribution in [0.25, 0.3) is 0 Å². The molecule has 1 aromatic carbocycles. The van der Waals surface area contributed by atoms with E-state index in [2.05, 4.69) is 75.1 Å². The zero-order valence-corrected chi connectivity index (χ0v) is 41.9. The summed E-state index contributed by atoms with van der Waals surface area (Å²) in [6, 6.07) is 5.22. The zero-order valence-electron chi connectivity index (χ0n) is 39.5. The maximum Gasteiger partial charge on any atom is 0.0344 e. The van der Waals surface area contributed by atoms with Crippen LogP contribution in [0.5, 0.6) is 0 Å². The first-order valence-electron chi connectivity index (χ1n) is 26.3. The zero-order chi connectivity index (χ0) is 41.0. The summed E-state index contributed by atoms with van der Waals surface area (Å²) >= 11 is 6.61. The van der Waals surface area contributed by atoms with Gasteiger partial charge in [0.25, 0.3) is 0 Å². The Morgan fingerprint density at radius 2 is 0.491 bits per heavy atom. The fourth-order valence-corrected chi connectivity index (χ4v) is 12.1. The van der Waals surface area contributed by atoms with Crippen molar-refractivity contribution < 1.29 is 0 Å². The lowest BCUT2D eigenvalue weighted by Gasteiger charge is -2.17. The summed E-state index contributed by atoms with van der Waals surface area (Å²) in [6.45, 7) is 9.32. The third-order valence-electron chi connectivity index (χ3n) is 12.1. The molecule has 0 saturated heterocycles. The van der Waals surface area contributed by atoms with Gasteiger partial charge in [0.15, 0.2) is 0 Å². The van der Waals surface area contributed by atoms with Gasteiger partial charge in [-0.05, 0) is 60.6 Å². The molecule has 0 atom stereocenters. The number of unbranched alkanes of at least 4 members (excludes halogenated alkanes) is 36. The molecule has 0 N–H and O–H groups in total. The van der Waals surface area contributed by atoms with Gasteiger partial charge in [0.2, 0.25) is 0 Å². The number of rotatable bonds is 47. The average molecular weight is 848 g/mol. The lowest BCUT2D eigenvalue weighted by Crippen LogP contribution is -1.94. The Hall–Kier alpha value is 0.270. The monoisotopic (exact) mass is 847 g/mol. The normalized spacial score (nSPS) is 11.6. The topological polar surface area (TPSA) is 0 Å². The van der Waals surface area contributed by atoms with Gasteiger partial charge < -0.3 is 0 Å². The van der Waals surface area contributed by atoms with Gasteiger partial charge in [0.1, 0.15) is 0 Å². The summed E-state index contributed by atoms with van der Waals surface area (Å²) in [4.78, 5) is 4.88. The third kappa shape index (κ3) is 36.6. The Morgan fingerprint density at radius 1 is 0.263 bits per heavy atom. The number of hydrogen-bond donors (Lipinski definition) is 0. The largest absolute Gasteiger partial charge is 0.125 e. The van der Waals surface area contributed by atoms with E-state index in [4.69, 9.17) is 0 Å². The molecule has 0 aromatic heterocycles. The second-order valence-electron chi connectivity index (χ2n) is 17.9. The van der Waals surface area contributed by atoms with E-state index >= 15 is 0 Å². The summed E-state index contributed by atoms with van der Waals surface area (Å²) in [6.07, 6.45) is 58.7. The van der Waals surface area contributed by atoms with Gasteiger partial charge in [-0.1, -0.05) is 265 Å². The Kier molecular flexibility index (Phi) is 44.4. The highest BCUT2D eigenvalue weighted by atomic mass is 32.2. The van der Waals surface area contributed by atoms with E-state index in [1.54, 1.807) is 20.2 Å². The maximum atomic E-state index is 2.61. The van der Waals surface area contributed by atoms with Crippen LogP contribution in [0.2, 0.25) is 0 Å².